The van der Waals surface area contributed by atoms with Crippen molar-refractivity contribution in [3.8, 4) is 0 Å². The van der Waals surface area contributed by atoms with Gasteiger partial charge < -0.3 is 16.3 Å². The van der Waals surface area contributed by atoms with Crippen molar-refractivity contribution in [3.63, 3.8) is 0 Å². The molecule has 0 aromatic heterocycles. The van der Waals surface area contributed by atoms with Gasteiger partial charge in [-0.05, 0) is 18.4 Å². The van der Waals surface area contributed by atoms with Crippen molar-refractivity contribution in [2.24, 2.45) is 10.9 Å². The lowest BCUT2D eigenvalue weighted by atomic mass is 10.1. The van der Waals surface area contributed by atoms with E-state index in [0.29, 0.717) is 17.0 Å². The molecule has 4 N–H and O–H groups in total. The summed E-state index contributed by atoms with van der Waals surface area (Å²) in [5.41, 5.74) is 6.53. The molecule has 0 saturated heterocycles. The van der Waals surface area contributed by atoms with Gasteiger partial charge in [0.1, 0.15) is 0 Å². The molecule has 0 aliphatic heterocycles. The second-order valence-electron chi connectivity index (χ2n) is 3.01. The molecule has 1 amide bonds. The smallest absolute Gasteiger partial charge is 0.234 e. The first kappa shape index (κ1) is 12.4. The standard InChI is InChI=1S/C10H13N3O2S/c1-16-6-9(14)12-8-5-3-2-4-7(8)10(11)13-15/h2-5,15H,6H2,1H3,(H2,11,13)(H,12,14). The maximum Gasteiger partial charge on any atom is 0.234 e. The van der Waals surface area contributed by atoms with Gasteiger partial charge in [-0.3, -0.25) is 4.79 Å². The van der Waals surface area contributed by atoms with Crippen LogP contribution in [0, 0.1) is 0 Å². The molecule has 0 spiro atoms. The number of para-hydroxylation sites is 1. The van der Waals surface area contributed by atoms with Crippen LogP contribution < -0.4 is 11.1 Å². The van der Waals surface area contributed by atoms with Crippen molar-refractivity contribution >= 4 is 29.2 Å². The van der Waals surface area contributed by atoms with Crippen molar-refractivity contribution in [3.05, 3.63) is 29.8 Å². The molecular weight excluding hydrogens is 226 g/mol. The molecule has 6 heteroatoms. The number of hydrogen-bond acceptors (Lipinski definition) is 4. The summed E-state index contributed by atoms with van der Waals surface area (Å²) in [7, 11) is 0. The van der Waals surface area contributed by atoms with Gasteiger partial charge in [0.2, 0.25) is 5.91 Å². The number of oxime groups is 1. The van der Waals surface area contributed by atoms with Crippen LogP contribution in [0.2, 0.25) is 0 Å². The van der Waals surface area contributed by atoms with Crippen molar-refractivity contribution in [1.29, 1.82) is 0 Å². The van der Waals surface area contributed by atoms with E-state index in [1.54, 1.807) is 24.3 Å². The Morgan fingerprint density at radius 1 is 1.56 bits per heavy atom. The molecule has 1 aromatic carbocycles. The van der Waals surface area contributed by atoms with Gasteiger partial charge in [-0.15, -0.1) is 0 Å². The molecule has 16 heavy (non-hydrogen) atoms. The Bertz CT molecular complexity index is 407. The summed E-state index contributed by atoms with van der Waals surface area (Å²) >= 11 is 1.43. The molecule has 86 valence electrons. The Morgan fingerprint density at radius 2 is 2.25 bits per heavy atom. The summed E-state index contributed by atoms with van der Waals surface area (Å²) in [6.07, 6.45) is 1.84. The molecule has 0 atom stereocenters. The fourth-order valence-corrected chi connectivity index (χ4v) is 1.52. The van der Waals surface area contributed by atoms with Crippen molar-refractivity contribution in [2.75, 3.05) is 17.3 Å². The van der Waals surface area contributed by atoms with E-state index in [-0.39, 0.29) is 11.7 Å². The van der Waals surface area contributed by atoms with Crippen LogP contribution in [0.4, 0.5) is 5.69 Å². The number of amides is 1. The Morgan fingerprint density at radius 3 is 2.88 bits per heavy atom. The predicted octanol–water partition coefficient (Wildman–Crippen LogP) is 1.08. The number of anilines is 1. The van der Waals surface area contributed by atoms with Crippen LogP contribution in [0.1, 0.15) is 5.56 Å². The van der Waals surface area contributed by atoms with Crippen molar-refractivity contribution in [2.45, 2.75) is 0 Å². The van der Waals surface area contributed by atoms with Gasteiger partial charge in [0.15, 0.2) is 5.84 Å². The van der Waals surface area contributed by atoms with Gasteiger partial charge >= 0.3 is 0 Å². The molecular formula is C10H13N3O2S. The van der Waals surface area contributed by atoms with Crippen LogP contribution in [0.25, 0.3) is 0 Å². The second-order valence-corrected chi connectivity index (χ2v) is 3.88. The molecule has 0 aliphatic rings. The summed E-state index contributed by atoms with van der Waals surface area (Å²) in [5, 5.41) is 14.2. The molecule has 0 fully saturated rings. The van der Waals surface area contributed by atoms with Crippen molar-refractivity contribution < 1.29 is 10.0 Å². The number of nitrogens with zero attached hydrogens (tertiary/aromatic N) is 1. The number of carbonyl (C=O) groups excluding carboxylic acids is 1. The van der Waals surface area contributed by atoms with Crippen LogP contribution in [0.15, 0.2) is 29.4 Å². The maximum atomic E-state index is 11.4. The summed E-state index contributed by atoms with van der Waals surface area (Å²) in [6.45, 7) is 0. The fraction of sp³-hybridized carbons (Fsp3) is 0.200. The lowest BCUT2D eigenvalue weighted by Crippen LogP contribution is -2.20. The SMILES string of the molecule is CSCC(=O)Nc1ccccc1C(N)=NO. The highest BCUT2D eigenvalue weighted by molar-refractivity contribution is 7.99. The minimum absolute atomic E-state index is 0.0277. The highest BCUT2D eigenvalue weighted by Gasteiger charge is 2.08. The minimum Gasteiger partial charge on any atom is -0.409 e. The number of rotatable bonds is 4. The molecule has 1 aromatic rings. The number of carbonyl (C=O) groups is 1. The number of nitrogens with one attached hydrogen (secondary N) is 1. The van der Waals surface area contributed by atoms with Gasteiger partial charge in [0.05, 0.1) is 11.4 Å². The van der Waals surface area contributed by atoms with E-state index < -0.39 is 0 Å². The van der Waals surface area contributed by atoms with Crippen LogP contribution in [-0.4, -0.2) is 29.0 Å². The fourth-order valence-electron chi connectivity index (χ4n) is 1.19. The highest BCUT2D eigenvalue weighted by Crippen LogP contribution is 2.14. The number of nitrogens with two attached hydrogens (primary N) is 1. The average Bonchev–Trinajstić information content (AvgIpc) is 2.29. The Hall–Kier alpha value is -1.69. The quantitative estimate of drug-likeness (QED) is 0.317. The summed E-state index contributed by atoms with van der Waals surface area (Å²) in [5.74, 6) is 0.218. The van der Waals surface area contributed by atoms with Gasteiger partial charge in [0, 0.05) is 5.56 Å². The first-order valence-electron chi connectivity index (χ1n) is 4.54. The number of benzene rings is 1. The zero-order chi connectivity index (χ0) is 12.0. The second kappa shape index (κ2) is 6.02. The summed E-state index contributed by atoms with van der Waals surface area (Å²) < 4.78 is 0. The number of hydrogen-bond donors (Lipinski definition) is 3. The monoisotopic (exact) mass is 239 g/mol. The van der Waals surface area contributed by atoms with Gasteiger partial charge in [-0.2, -0.15) is 11.8 Å². The van der Waals surface area contributed by atoms with Crippen LogP contribution >= 0.6 is 11.8 Å². The molecule has 0 aliphatic carbocycles. The van der Waals surface area contributed by atoms with E-state index >= 15 is 0 Å². The van der Waals surface area contributed by atoms with Crippen LogP contribution in [-0.2, 0) is 4.79 Å². The molecule has 5 nitrogen and oxygen atoms in total. The van der Waals surface area contributed by atoms with E-state index in [4.69, 9.17) is 10.9 Å². The largest absolute Gasteiger partial charge is 0.409 e. The van der Waals surface area contributed by atoms with Crippen LogP contribution in [0.3, 0.4) is 0 Å². The van der Waals surface area contributed by atoms with Gasteiger partial charge in [-0.25, -0.2) is 0 Å². The Labute approximate surface area is 97.7 Å². The zero-order valence-corrected chi connectivity index (χ0v) is 9.62. The first-order valence-corrected chi connectivity index (χ1v) is 5.94. The van der Waals surface area contributed by atoms with E-state index in [0.717, 1.165) is 0 Å². The lowest BCUT2D eigenvalue weighted by Gasteiger charge is -2.09. The van der Waals surface area contributed by atoms with Crippen molar-refractivity contribution in [1.82, 2.24) is 0 Å². The first-order chi connectivity index (χ1) is 7.69. The zero-order valence-electron chi connectivity index (χ0n) is 8.80. The van der Waals surface area contributed by atoms with Gasteiger partial charge in [-0.1, -0.05) is 17.3 Å². The third kappa shape index (κ3) is 3.16. The maximum absolute atomic E-state index is 11.4. The third-order valence-corrected chi connectivity index (χ3v) is 2.41. The molecule has 0 unspecified atom stereocenters. The molecule has 0 saturated carbocycles. The van der Waals surface area contributed by atoms with Gasteiger partial charge in [0.25, 0.3) is 0 Å². The minimum atomic E-state index is -0.120. The molecule has 0 bridgehead atoms. The average molecular weight is 239 g/mol. The highest BCUT2D eigenvalue weighted by atomic mass is 32.2. The number of thioether (sulfide) groups is 1. The molecule has 0 radical (unpaired) electrons. The topological polar surface area (TPSA) is 87.7 Å². The molecule has 1 rings (SSSR count). The van der Waals surface area contributed by atoms with E-state index in [9.17, 15) is 4.79 Å². The lowest BCUT2D eigenvalue weighted by molar-refractivity contribution is -0.113. The van der Waals surface area contributed by atoms with E-state index in [1.165, 1.54) is 11.8 Å². The van der Waals surface area contributed by atoms with Crippen LogP contribution in [0.5, 0.6) is 0 Å². The summed E-state index contributed by atoms with van der Waals surface area (Å²) in [4.78, 5) is 11.4. The normalized spacial score (nSPS) is 11.2. The van der Waals surface area contributed by atoms with E-state index in [2.05, 4.69) is 10.5 Å². The Balaban J connectivity index is 2.91. The molecule has 0 heterocycles. The predicted molar refractivity (Wildman–Crippen MR) is 66.0 cm³/mol. The third-order valence-electron chi connectivity index (χ3n) is 1.86. The summed E-state index contributed by atoms with van der Waals surface area (Å²) in [6, 6.07) is 6.88. The Kier molecular flexibility index (Phi) is 4.65. The van der Waals surface area contributed by atoms with E-state index in [1.807, 2.05) is 6.26 Å². The number of amidine groups is 1.